The fourth-order valence-corrected chi connectivity index (χ4v) is 4.49. The Labute approximate surface area is 142 Å². The fourth-order valence-electron chi connectivity index (χ4n) is 4.22. The Morgan fingerprint density at radius 1 is 1.21 bits per heavy atom. The van der Waals surface area contributed by atoms with Crippen molar-refractivity contribution in [1.29, 1.82) is 0 Å². The highest BCUT2D eigenvalue weighted by Crippen LogP contribution is 2.53. The van der Waals surface area contributed by atoms with Crippen LogP contribution in [0.5, 0.6) is 0 Å². The van der Waals surface area contributed by atoms with Gasteiger partial charge in [-0.2, -0.15) is 0 Å². The van der Waals surface area contributed by atoms with Crippen molar-refractivity contribution in [2.24, 2.45) is 29.4 Å². The largest absolute Gasteiger partial charge is 0.369 e. The molecule has 1 aliphatic heterocycles. The van der Waals surface area contributed by atoms with E-state index in [-0.39, 0.29) is 58.2 Å². The molecule has 4 rings (SSSR count). The summed E-state index contributed by atoms with van der Waals surface area (Å²) in [6, 6.07) is 2.41. The van der Waals surface area contributed by atoms with Gasteiger partial charge in [-0.05, 0) is 30.4 Å². The number of hydrogen-bond donors (Lipinski definition) is 1. The van der Waals surface area contributed by atoms with Gasteiger partial charge in [0.15, 0.2) is 0 Å². The van der Waals surface area contributed by atoms with Crippen LogP contribution >= 0.6 is 11.6 Å². The van der Waals surface area contributed by atoms with Crippen LogP contribution in [-0.2, 0) is 20.8 Å². The molecule has 1 aromatic carbocycles. The van der Waals surface area contributed by atoms with Gasteiger partial charge in [0.25, 0.3) is 0 Å². The number of benzene rings is 1. The van der Waals surface area contributed by atoms with Crippen LogP contribution in [0.3, 0.4) is 0 Å². The molecule has 0 spiro atoms. The molecule has 1 heterocycles. The van der Waals surface area contributed by atoms with Crippen LogP contribution in [0.1, 0.15) is 12.0 Å². The number of nitrogens with two attached hydrogens (primary N) is 1. The fraction of sp³-hybridized carbons (Fsp3) is 0.353. The monoisotopic (exact) mass is 348 g/mol. The first-order chi connectivity index (χ1) is 11.4. The van der Waals surface area contributed by atoms with E-state index >= 15 is 0 Å². The highest BCUT2D eigenvalue weighted by molar-refractivity contribution is 6.32. The SMILES string of the molecule is NC(=O)Cc1c(F)cc(N2C(=O)C3C4C=CC(C4)C3C2=O)cc1Cl. The zero-order valence-corrected chi connectivity index (χ0v) is 13.3. The average molecular weight is 349 g/mol. The lowest BCUT2D eigenvalue weighted by Crippen LogP contribution is -2.33. The van der Waals surface area contributed by atoms with Crippen molar-refractivity contribution in [2.45, 2.75) is 12.8 Å². The molecule has 1 aromatic rings. The van der Waals surface area contributed by atoms with Crippen molar-refractivity contribution in [3.05, 3.63) is 40.7 Å². The van der Waals surface area contributed by atoms with E-state index in [4.69, 9.17) is 17.3 Å². The molecule has 7 heteroatoms. The summed E-state index contributed by atoms with van der Waals surface area (Å²) in [6.07, 6.45) is 4.47. The highest BCUT2D eigenvalue weighted by Gasteiger charge is 2.59. The minimum Gasteiger partial charge on any atom is -0.369 e. The molecule has 0 radical (unpaired) electrons. The molecular formula is C17H14ClFN2O3. The smallest absolute Gasteiger partial charge is 0.238 e. The van der Waals surface area contributed by atoms with Crippen LogP contribution < -0.4 is 10.6 Å². The van der Waals surface area contributed by atoms with Crippen LogP contribution in [0.25, 0.3) is 0 Å². The lowest BCUT2D eigenvalue weighted by molar-refractivity contribution is -0.123. The number of carbonyl (C=O) groups excluding carboxylic acids is 3. The summed E-state index contributed by atoms with van der Waals surface area (Å²) in [7, 11) is 0. The Morgan fingerprint density at radius 2 is 1.79 bits per heavy atom. The number of fused-ring (bicyclic) bond motifs is 5. The summed E-state index contributed by atoms with van der Waals surface area (Å²) in [6.45, 7) is 0. The second kappa shape index (κ2) is 5.14. The number of imide groups is 1. The summed E-state index contributed by atoms with van der Waals surface area (Å²) < 4.78 is 14.3. The van der Waals surface area contributed by atoms with Gasteiger partial charge in [0.1, 0.15) is 5.82 Å². The molecular weight excluding hydrogens is 335 g/mol. The molecule has 2 aliphatic carbocycles. The van der Waals surface area contributed by atoms with Crippen LogP contribution in [0, 0.1) is 29.5 Å². The maximum Gasteiger partial charge on any atom is 0.238 e. The van der Waals surface area contributed by atoms with Gasteiger partial charge in [-0.25, -0.2) is 9.29 Å². The van der Waals surface area contributed by atoms with Gasteiger partial charge >= 0.3 is 0 Å². The van der Waals surface area contributed by atoms with Gasteiger partial charge in [-0.1, -0.05) is 23.8 Å². The maximum absolute atomic E-state index is 14.3. The van der Waals surface area contributed by atoms with Gasteiger partial charge in [0.05, 0.1) is 23.9 Å². The normalized spacial score (nSPS) is 30.3. The molecule has 1 saturated heterocycles. The van der Waals surface area contributed by atoms with E-state index in [0.717, 1.165) is 17.4 Å². The second-order valence-electron chi connectivity index (χ2n) is 6.54. The number of anilines is 1. The number of allylic oxidation sites excluding steroid dienone is 2. The summed E-state index contributed by atoms with van der Waals surface area (Å²) in [5.74, 6) is -2.64. The Morgan fingerprint density at radius 3 is 2.29 bits per heavy atom. The Balaban J connectivity index is 1.71. The number of primary amides is 1. The Bertz CT molecular complexity index is 769. The molecule has 4 unspecified atom stereocenters. The summed E-state index contributed by atoms with van der Waals surface area (Å²) in [4.78, 5) is 37.4. The van der Waals surface area contributed by atoms with E-state index in [2.05, 4.69) is 0 Å². The predicted molar refractivity (Wildman–Crippen MR) is 84.5 cm³/mol. The molecule has 3 aliphatic rings. The van der Waals surface area contributed by atoms with Crippen molar-refractivity contribution < 1.29 is 18.8 Å². The second-order valence-corrected chi connectivity index (χ2v) is 6.95. The summed E-state index contributed by atoms with van der Waals surface area (Å²) >= 11 is 6.03. The van der Waals surface area contributed by atoms with Crippen LogP contribution in [0.4, 0.5) is 10.1 Å². The maximum atomic E-state index is 14.3. The minimum absolute atomic E-state index is 0.0254. The van der Waals surface area contributed by atoms with E-state index in [1.54, 1.807) is 0 Å². The molecule has 24 heavy (non-hydrogen) atoms. The number of rotatable bonds is 3. The van der Waals surface area contributed by atoms with Gasteiger partial charge < -0.3 is 5.73 Å². The van der Waals surface area contributed by atoms with E-state index in [1.807, 2.05) is 12.2 Å². The lowest BCUT2D eigenvalue weighted by atomic mass is 9.85. The third-order valence-corrected chi connectivity index (χ3v) is 5.54. The standard InChI is InChI=1S/C17H14ClFN2O3/c18-11-4-9(5-12(19)10(11)6-13(20)22)21-16(23)14-7-1-2-8(3-7)15(14)17(21)24/h1-2,4-5,7-8,14-15H,3,6H2,(H2,20,22). The predicted octanol–water partition coefficient (Wildman–Crippen LogP) is 1.82. The molecule has 0 aromatic heterocycles. The molecule has 124 valence electrons. The van der Waals surface area contributed by atoms with E-state index in [9.17, 15) is 18.8 Å². The van der Waals surface area contributed by atoms with Gasteiger partial charge in [-0.15, -0.1) is 0 Å². The lowest BCUT2D eigenvalue weighted by Gasteiger charge is -2.18. The van der Waals surface area contributed by atoms with Crippen LogP contribution in [0.2, 0.25) is 5.02 Å². The molecule has 2 fully saturated rings. The Kier molecular flexibility index (Phi) is 3.28. The number of amides is 3. The first kappa shape index (κ1) is 15.3. The first-order valence-electron chi connectivity index (χ1n) is 7.71. The summed E-state index contributed by atoms with van der Waals surface area (Å²) in [5, 5.41) is -0.0254. The van der Waals surface area contributed by atoms with Crippen molar-refractivity contribution >= 4 is 35.0 Å². The van der Waals surface area contributed by atoms with Gasteiger partial charge in [0.2, 0.25) is 17.7 Å². The van der Waals surface area contributed by atoms with Crippen molar-refractivity contribution in [2.75, 3.05) is 4.90 Å². The molecule has 3 amide bonds. The van der Waals surface area contributed by atoms with Crippen molar-refractivity contribution in [3.8, 4) is 0 Å². The van der Waals surface area contributed by atoms with Gasteiger partial charge in [-0.3, -0.25) is 14.4 Å². The molecule has 1 saturated carbocycles. The van der Waals surface area contributed by atoms with Crippen LogP contribution in [-0.4, -0.2) is 17.7 Å². The topological polar surface area (TPSA) is 80.5 Å². The van der Waals surface area contributed by atoms with Crippen molar-refractivity contribution in [1.82, 2.24) is 0 Å². The number of halogens is 2. The number of hydrogen-bond acceptors (Lipinski definition) is 3. The summed E-state index contributed by atoms with van der Waals surface area (Å²) in [5.41, 5.74) is 5.15. The molecule has 2 bridgehead atoms. The molecule has 2 N–H and O–H groups in total. The van der Waals surface area contributed by atoms with Crippen molar-refractivity contribution in [3.63, 3.8) is 0 Å². The number of nitrogens with zero attached hydrogens (tertiary/aromatic N) is 1. The van der Waals surface area contributed by atoms with E-state index in [1.165, 1.54) is 6.07 Å². The third-order valence-electron chi connectivity index (χ3n) is 5.21. The van der Waals surface area contributed by atoms with Crippen LogP contribution in [0.15, 0.2) is 24.3 Å². The zero-order valence-electron chi connectivity index (χ0n) is 12.5. The third kappa shape index (κ3) is 2.02. The number of carbonyl (C=O) groups is 3. The minimum atomic E-state index is -0.755. The van der Waals surface area contributed by atoms with E-state index in [0.29, 0.717) is 0 Å². The first-order valence-corrected chi connectivity index (χ1v) is 8.08. The quantitative estimate of drug-likeness (QED) is 0.668. The average Bonchev–Trinajstić information content (AvgIpc) is 3.17. The highest BCUT2D eigenvalue weighted by atomic mass is 35.5. The van der Waals surface area contributed by atoms with E-state index < -0.39 is 11.7 Å². The zero-order chi connectivity index (χ0) is 17.2. The Hall–Kier alpha value is -2.21. The molecule has 4 atom stereocenters. The van der Waals surface area contributed by atoms with Gasteiger partial charge in [0, 0.05) is 10.6 Å². The molecule has 5 nitrogen and oxygen atoms in total.